The Bertz CT molecular complexity index is 205. The average Bonchev–Trinajstić information content (AvgIpc) is 2.02. The van der Waals surface area contributed by atoms with Gasteiger partial charge in [0.05, 0.1) is 12.2 Å². The first-order chi connectivity index (χ1) is 6.45. The Hall–Kier alpha value is -0.710. The quantitative estimate of drug-likeness (QED) is 0.707. The monoisotopic (exact) mass is 209 g/mol. The van der Waals surface area contributed by atoms with Crippen LogP contribution in [0.1, 0.15) is 19.3 Å². The molecule has 82 valence electrons. The Morgan fingerprint density at radius 3 is 2.50 bits per heavy atom. The van der Waals surface area contributed by atoms with E-state index in [1.165, 1.54) is 0 Å². The van der Waals surface area contributed by atoms with Gasteiger partial charge in [-0.25, -0.2) is 0 Å². The molecule has 2 N–H and O–H groups in total. The third-order valence-electron chi connectivity index (χ3n) is 2.52. The second kappa shape index (κ2) is 4.21. The van der Waals surface area contributed by atoms with Gasteiger partial charge in [0.25, 0.3) is 0 Å². The Balaban J connectivity index is 2.67. The lowest BCUT2D eigenvalue weighted by atomic mass is 9.83. The first-order valence-corrected chi connectivity index (χ1v) is 4.53. The molecule has 0 aliphatic heterocycles. The van der Waals surface area contributed by atoms with E-state index in [2.05, 4.69) is 6.58 Å². The van der Waals surface area contributed by atoms with Crippen LogP contribution < -0.4 is 5.73 Å². The highest BCUT2D eigenvalue weighted by Crippen LogP contribution is 2.38. The smallest absolute Gasteiger partial charge is 0.395 e. The second-order valence-electron chi connectivity index (χ2n) is 3.56. The molecule has 3 unspecified atom stereocenters. The van der Waals surface area contributed by atoms with Crippen LogP contribution in [0.15, 0.2) is 12.8 Å². The van der Waals surface area contributed by atoms with Crippen molar-refractivity contribution in [1.82, 2.24) is 0 Å². The topological polar surface area (TPSA) is 35.2 Å². The van der Waals surface area contributed by atoms with Gasteiger partial charge in [0.2, 0.25) is 0 Å². The van der Waals surface area contributed by atoms with Crippen molar-refractivity contribution in [2.75, 3.05) is 0 Å². The van der Waals surface area contributed by atoms with Crippen LogP contribution in [0.3, 0.4) is 0 Å². The van der Waals surface area contributed by atoms with E-state index in [1.807, 2.05) is 0 Å². The summed E-state index contributed by atoms with van der Waals surface area (Å²) in [6, 6.07) is -0.196. The second-order valence-corrected chi connectivity index (χ2v) is 3.56. The van der Waals surface area contributed by atoms with E-state index in [0.29, 0.717) is 6.42 Å². The third-order valence-corrected chi connectivity index (χ3v) is 2.52. The zero-order chi connectivity index (χ0) is 10.8. The number of hydrogen-bond acceptors (Lipinski definition) is 2. The maximum Gasteiger partial charge on any atom is 0.395 e. The molecule has 0 amide bonds. The van der Waals surface area contributed by atoms with Crippen molar-refractivity contribution >= 4 is 0 Å². The molecule has 1 aliphatic rings. The van der Waals surface area contributed by atoms with Crippen LogP contribution in [0.25, 0.3) is 0 Å². The van der Waals surface area contributed by atoms with Gasteiger partial charge in [0.15, 0.2) is 0 Å². The molecule has 0 radical (unpaired) electrons. The molecule has 1 saturated carbocycles. The summed E-state index contributed by atoms with van der Waals surface area (Å²) in [6.45, 7) is 3.27. The average molecular weight is 209 g/mol. The predicted octanol–water partition coefficient (Wildman–Crippen LogP) is 2.20. The van der Waals surface area contributed by atoms with Gasteiger partial charge in [-0.05, 0) is 19.3 Å². The van der Waals surface area contributed by atoms with Crippen molar-refractivity contribution in [3.63, 3.8) is 0 Å². The molecule has 1 fully saturated rings. The van der Waals surface area contributed by atoms with Gasteiger partial charge in [-0.3, -0.25) is 0 Å². The van der Waals surface area contributed by atoms with Gasteiger partial charge in [-0.15, -0.1) is 0 Å². The fraction of sp³-hybridized carbons (Fsp3) is 0.778. The highest BCUT2D eigenvalue weighted by atomic mass is 19.4. The highest BCUT2D eigenvalue weighted by Gasteiger charge is 2.47. The van der Waals surface area contributed by atoms with Crippen LogP contribution >= 0.6 is 0 Å². The number of ether oxygens (including phenoxy) is 1. The lowest BCUT2D eigenvalue weighted by Crippen LogP contribution is -2.44. The van der Waals surface area contributed by atoms with Gasteiger partial charge in [-0.2, -0.15) is 13.2 Å². The molecule has 0 spiro atoms. The van der Waals surface area contributed by atoms with Gasteiger partial charge in [0.1, 0.15) is 6.10 Å². The van der Waals surface area contributed by atoms with E-state index in [-0.39, 0.29) is 18.9 Å². The van der Waals surface area contributed by atoms with Crippen LogP contribution in [-0.4, -0.2) is 18.3 Å². The summed E-state index contributed by atoms with van der Waals surface area (Å²) >= 11 is 0. The summed E-state index contributed by atoms with van der Waals surface area (Å²) in [5.74, 6) is -1.40. The SMILES string of the molecule is C=COC1CC(N)CCC1C(F)(F)F. The van der Waals surface area contributed by atoms with Crippen molar-refractivity contribution < 1.29 is 17.9 Å². The van der Waals surface area contributed by atoms with Gasteiger partial charge < -0.3 is 10.5 Å². The lowest BCUT2D eigenvalue weighted by Gasteiger charge is -2.34. The van der Waals surface area contributed by atoms with Crippen LogP contribution in [0.2, 0.25) is 0 Å². The minimum atomic E-state index is -4.20. The zero-order valence-electron chi connectivity index (χ0n) is 7.76. The molecule has 3 atom stereocenters. The fourth-order valence-electron chi connectivity index (χ4n) is 1.81. The van der Waals surface area contributed by atoms with Crippen LogP contribution in [0.5, 0.6) is 0 Å². The molecule has 2 nitrogen and oxygen atoms in total. The minimum Gasteiger partial charge on any atom is -0.498 e. The molecule has 0 bridgehead atoms. The van der Waals surface area contributed by atoms with Crippen molar-refractivity contribution in [3.8, 4) is 0 Å². The Kier molecular flexibility index (Phi) is 3.42. The summed E-state index contributed by atoms with van der Waals surface area (Å²) in [4.78, 5) is 0. The van der Waals surface area contributed by atoms with E-state index in [9.17, 15) is 13.2 Å². The maximum atomic E-state index is 12.5. The maximum absolute atomic E-state index is 12.5. The Morgan fingerprint density at radius 2 is 2.00 bits per heavy atom. The number of nitrogens with two attached hydrogens (primary N) is 1. The Labute approximate surface area is 80.9 Å². The van der Waals surface area contributed by atoms with Crippen LogP contribution in [-0.2, 0) is 4.74 Å². The standard InChI is InChI=1S/C9H14F3NO/c1-2-14-8-5-6(13)3-4-7(8)9(10,11)12/h2,6-8H,1,3-5,13H2. The molecular formula is C9H14F3NO. The van der Waals surface area contributed by atoms with E-state index in [1.54, 1.807) is 0 Å². The van der Waals surface area contributed by atoms with Crippen molar-refractivity contribution in [2.45, 2.75) is 37.6 Å². The van der Waals surface area contributed by atoms with E-state index >= 15 is 0 Å². The molecule has 0 aromatic carbocycles. The van der Waals surface area contributed by atoms with Crippen LogP contribution in [0.4, 0.5) is 13.2 Å². The van der Waals surface area contributed by atoms with Crippen LogP contribution in [0, 0.1) is 5.92 Å². The molecule has 0 heterocycles. The number of halogens is 3. The predicted molar refractivity (Wildman–Crippen MR) is 46.4 cm³/mol. The first-order valence-electron chi connectivity index (χ1n) is 4.53. The third kappa shape index (κ3) is 2.64. The van der Waals surface area contributed by atoms with E-state index < -0.39 is 18.2 Å². The minimum absolute atomic E-state index is 0.0448. The summed E-state index contributed by atoms with van der Waals surface area (Å²) in [5, 5.41) is 0. The molecule has 14 heavy (non-hydrogen) atoms. The summed E-state index contributed by atoms with van der Waals surface area (Å²) in [7, 11) is 0. The number of hydrogen-bond donors (Lipinski definition) is 1. The summed E-state index contributed by atoms with van der Waals surface area (Å²) in [5.41, 5.74) is 5.58. The molecule has 0 aromatic rings. The molecule has 1 rings (SSSR count). The van der Waals surface area contributed by atoms with Crippen molar-refractivity contribution in [2.24, 2.45) is 11.7 Å². The number of alkyl halides is 3. The molecule has 0 aromatic heterocycles. The van der Waals surface area contributed by atoms with E-state index in [0.717, 1.165) is 6.26 Å². The normalized spacial score (nSPS) is 33.9. The molecule has 5 heteroatoms. The molecule has 1 aliphatic carbocycles. The lowest BCUT2D eigenvalue weighted by molar-refractivity contribution is -0.209. The van der Waals surface area contributed by atoms with Gasteiger partial charge in [-0.1, -0.05) is 6.58 Å². The number of rotatable bonds is 2. The first kappa shape index (κ1) is 11.4. The summed E-state index contributed by atoms with van der Waals surface area (Å²) < 4.78 is 42.3. The summed E-state index contributed by atoms with van der Waals surface area (Å²) in [6.07, 6.45) is -3.31. The Morgan fingerprint density at radius 1 is 1.36 bits per heavy atom. The zero-order valence-corrected chi connectivity index (χ0v) is 7.76. The van der Waals surface area contributed by atoms with Crippen molar-refractivity contribution in [3.05, 3.63) is 12.8 Å². The largest absolute Gasteiger partial charge is 0.498 e. The van der Waals surface area contributed by atoms with Gasteiger partial charge in [0, 0.05) is 6.04 Å². The molecular weight excluding hydrogens is 195 g/mol. The van der Waals surface area contributed by atoms with E-state index in [4.69, 9.17) is 10.5 Å². The van der Waals surface area contributed by atoms with Crippen molar-refractivity contribution in [1.29, 1.82) is 0 Å². The highest BCUT2D eigenvalue weighted by molar-refractivity contribution is 4.87. The van der Waals surface area contributed by atoms with Gasteiger partial charge >= 0.3 is 6.18 Å². The molecule has 0 saturated heterocycles. The fourth-order valence-corrected chi connectivity index (χ4v) is 1.81.